The molecule has 3 rings (SSSR count). The van der Waals surface area contributed by atoms with Gasteiger partial charge >= 0.3 is 0 Å². The van der Waals surface area contributed by atoms with E-state index in [4.69, 9.17) is 0 Å². The van der Waals surface area contributed by atoms with E-state index in [0.29, 0.717) is 5.56 Å². The largest absolute Gasteiger partial charge is 0.369 e. The van der Waals surface area contributed by atoms with Crippen molar-refractivity contribution in [2.45, 2.75) is 40.5 Å². The molecule has 0 bridgehead atoms. The van der Waals surface area contributed by atoms with Crippen molar-refractivity contribution in [2.24, 2.45) is 0 Å². The number of hydrogen-bond acceptors (Lipinski definition) is 4. The fourth-order valence-corrected chi connectivity index (χ4v) is 3.65. The van der Waals surface area contributed by atoms with Crippen molar-refractivity contribution < 1.29 is 12.8 Å². The van der Waals surface area contributed by atoms with Crippen LogP contribution in [0.2, 0.25) is 0 Å². The molecule has 0 unspecified atom stereocenters. The van der Waals surface area contributed by atoms with Crippen molar-refractivity contribution in [1.82, 2.24) is 5.32 Å². The fourth-order valence-electron chi connectivity index (χ4n) is 3.06. The van der Waals surface area contributed by atoms with Crippen LogP contribution in [0.4, 0.5) is 15.8 Å². The van der Waals surface area contributed by atoms with E-state index in [1.807, 2.05) is 27.7 Å². The zero-order valence-electron chi connectivity index (χ0n) is 19.0. The molecule has 0 atom stereocenters. The van der Waals surface area contributed by atoms with Crippen molar-refractivity contribution in [1.29, 1.82) is 0 Å². The molecule has 1 aliphatic rings. The Balaban J connectivity index is 0.000000279. The molecule has 1 saturated heterocycles. The number of benzene rings is 2. The normalized spacial score (nSPS) is 13.7. The van der Waals surface area contributed by atoms with Crippen LogP contribution in [0.25, 0.3) is 0 Å². The lowest BCUT2D eigenvalue weighted by Crippen LogP contribution is -2.43. The maximum absolute atomic E-state index is 13.4. The van der Waals surface area contributed by atoms with E-state index in [9.17, 15) is 12.8 Å². The van der Waals surface area contributed by atoms with Crippen LogP contribution in [0.5, 0.6) is 0 Å². The van der Waals surface area contributed by atoms with Gasteiger partial charge in [-0.15, -0.1) is 0 Å². The van der Waals surface area contributed by atoms with Gasteiger partial charge < -0.3 is 10.2 Å². The molecule has 1 aliphatic heterocycles. The second kappa shape index (κ2) is 12.5. The predicted octanol–water partition coefficient (Wildman–Crippen LogP) is 4.75. The smallest absolute Gasteiger partial charge is 0.229 e. The summed E-state index contributed by atoms with van der Waals surface area (Å²) in [7, 11) is -3.45. The SMILES string of the molecule is CC.CC(C)c1cccc(F)c1NS(C)(=O)=O.Cc1cccc(N2CCNCC2)c1. The third-order valence-corrected chi connectivity index (χ3v) is 5.01. The lowest BCUT2D eigenvalue weighted by atomic mass is 10.0. The van der Waals surface area contributed by atoms with E-state index in [0.717, 1.165) is 32.4 Å². The average molecular weight is 438 g/mol. The number of aryl methyl sites for hydroxylation is 1. The van der Waals surface area contributed by atoms with Gasteiger partial charge in [0.05, 0.1) is 11.9 Å². The summed E-state index contributed by atoms with van der Waals surface area (Å²) in [6, 6.07) is 13.2. The number of nitrogens with one attached hydrogen (secondary N) is 2. The van der Waals surface area contributed by atoms with Crippen LogP contribution in [0.3, 0.4) is 0 Å². The number of para-hydroxylation sites is 1. The summed E-state index contributed by atoms with van der Waals surface area (Å²) in [4.78, 5) is 2.43. The van der Waals surface area contributed by atoms with Crippen LogP contribution >= 0.6 is 0 Å². The maximum Gasteiger partial charge on any atom is 0.229 e. The van der Waals surface area contributed by atoms with E-state index >= 15 is 0 Å². The summed E-state index contributed by atoms with van der Waals surface area (Å²) in [5.41, 5.74) is 3.41. The third kappa shape index (κ3) is 8.71. The lowest BCUT2D eigenvalue weighted by molar-refractivity contribution is 0.589. The summed E-state index contributed by atoms with van der Waals surface area (Å²) >= 11 is 0. The summed E-state index contributed by atoms with van der Waals surface area (Å²) < 4.78 is 37.7. The Morgan fingerprint density at radius 3 is 2.20 bits per heavy atom. The first-order valence-electron chi connectivity index (χ1n) is 10.5. The van der Waals surface area contributed by atoms with Gasteiger partial charge in [0.1, 0.15) is 5.82 Å². The molecule has 0 radical (unpaired) electrons. The summed E-state index contributed by atoms with van der Waals surface area (Å²) in [6.45, 7) is 14.4. The Kier molecular flexibility index (Phi) is 10.8. The molecule has 0 aliphatic carbocycles. The molecule has 2 aromatic rings. The number of nitrogens with zero attached hydrogens (tertiary/aromatic N) is 1. The second-order valence-corrected chi connectivity index (χ2v) is 9.06. The van der Waals surface area contributed by atoms with Gasteiger partial charge in [0.15, 0.2) is 0 Å². The van der Waals surface area contributed by atoms with Crippen molar-refractivity contribution in [3.63, 3.8) is 0 Å². The van der Waals surface area contributed by atoms with Gasteiger partial charge in [0.2, 0.25) is 10.0 Å². The van der Waals surface area contributed by atoms with Gasteiger partial charge in [-0.2, -0.15) is 0 Å². The van der Waals surface area contributed by atoms with Crippen molar-refractivity contribution in [3.8, 4) is 0 Å². The molecule has 1 fully saturated rings. The molecular weight excluding hydrogens is 401 g/mol. The van der Waals surface area contributed by atoms with Crippen LogP contribution in [-0.2, 0) is 10.0 Å². The quantitative estimate of drug-likeness (QED) is 0.725. The highest BCUT2D eigenvalue weighted by Crippen LogP contribution is 2.27. The van der Waals surface area contributed by atoms with Gasteiger partial charge in [-0.05, 0) is 42.2 Å². The van der Waals surface area contributed by atoms with E-state index < -0.39 is 15.8 Å². The second-order valence-electron chi connectivity index (χ2n) is 7.31. The Labute approximate surface area is 181 Å². The first kappa shape index (κ1) is 25.9. The fraction of sp³-hybridized carbons (Fsp3) is 0.478. The highest BCUT2D eigenvalue weighted by molar-refractivity contribution is 7.92. The molecule has 0 saturated carbocycles. The lowest BCUT2D eigenvalue weighted by Gasteiger charge is -2.29. The van der Waals surface area contributed by atoms with Crippen LogP contribution < -0.4 is 14.9 Å². The number of sulfonamides is 1. The zero-order valence-corrected chi connectivity index (χ0v) is 19.8. The molecular formula is C23H36FN3O2S. The molecule has 7 heteroatoms. The predicted molar refractivity (Wildman–Crippen MR) is 127 cm³/mol. The number of piperazine rings is 1. The minimum atomic E-state index is -3.45. The molecule has 30 heavy (non-hydrogen) atoms. The molecule has 0 aromatic heterocycles. The first-order valence-corrected chi connectivity index (χ1v) is 12.3. The Morgan fingerprint density at radius 2 is 1.67 bits per heavy atom. The van der Waals surface area contributed by atoms with Crippen molar-refractivity contribution >= 4 is 21.4 Å². The highest BCUT2D eigenvalue weighted by atomic mass is 32.2. The van der Waals surface area contributed by atoms with Gasteiger partial charge in [-0.3, -0.25) is 4.72 Å². The van der Waals surface area contributed by atoms with Crippen LogP contribution in [-0.4, -0.2) is 40.9 Å². The molecule has 168 valence electrons. The minimum absolute atomic E-state index is 0.0509. The van der Waals surface area contributed by atoms with Gasteiger partial charge in [0.25, 0.3) is 0 Å². The third-order valence-electron chi connectivity index (χ3n) is 4.44. The highest BCUT2D eigenvalue weighted by Gasteiger charge is 2.14. The molecule has 1 heterocycles. The topological polar surface area (TPSA) is 61.4 Å². The Bertz CT molecular complexity index is 880. The van der Waals surface area contributed by atoms with E-state index in [1.165, 1.54) is 17.3 Å². The van der Waals surface area contributed by atoms with Crippen LogP contribution in [0.1, 0.15) is 44.7 Å². The van der Waals surface area contributed by atoms with Crippen molar-refractivity contribution in [3.05, 3.63) is 59.4 Å². The molecule has 5 nitrogen and oxygen atoms in total. The molecule has 0 amide bonds. The number of rotatable bonds is 4. The average Bonchev–Trinajstić information content (AvgIpc) is 2.71. The van der Waals surface area contributed by atoms with Gasteiger partial charge in [0, 0.05) is 31.9 Å². The standard InChI is InChI=1S/C11H16N2.C10H14FNO2S.C2H6/c1-10-3-2-4-11(9-10)13-7-5-12-6-8-13;1-7(2)8-5-4-6-9(11)10(8)12-15(3,13)14;1-2/h2-4,9,12H,5-8H2,1H3;4-7,12H,1-3H3;1-2H3. The van der Waals surface area contributed by atoms with E-state index in [2.05, 4.69) is 46.1 Å². The number of anilines is 2. The van der Waals surface area contributed by atoms with Crippen LogP contribution in [0, 0.1) is 12.7 Å². The van der Waals surface area contributed by atoms with Crippen LogP contribution in [0.15, 0.2) is 42.5 Å². The number of halogens is 1. The summed E-state index contributed by atoms with van der Waals surface area (Å²) in [5, 5.41) is 3.36. The monoisotopic (exact) mass is 437 g/mol. The summed E-state index contributed by atoms with van der Waals surface area (Å²) in [6.07, 6.45) is 1.00. The maximum atomic E-state index is 13.4. The minimum Gasteiger partial charge on any atom is -0.369 e. The van der Waals surface area contributed by atoms with E-state index in [-0.39, 0.29) is 11.6 Å². The van der Waals surface area contributed by atoms with Gasteiger partial charge in [-0.25, -0.2) is 12.8 Å². The molecule has 0 spiro atoms. The Morgan fingerprint density at radius 1 is 1.07 bits per heavy atom. The summed E-state index contributed by atoms with van der Waals surface area (Å²) in [5.74, 6) is -0.489. The van der Waals surface area contributed by atoms with E-state index in [1.54, 1.807) is 12.1 Å². The number of hydrogen-bond donors (Lipinski definition) is 2. The first-order chi connectivity index (χ1) is 14.2. The zero-order chi connectivity index (χ0) is 22.7. The van der Waals surface area contributed by atoms with Crippen molar-refractivity contribution in [2.75, 3.05) is 42.1 Å². The Hall–Kier alpha value is -2.12. The molecule has 2 aromatic carbocycles. The molecule has 2 N–H and O–H groups in total. The van der Waals surface area contributed by atoms with Gasteiger partial charge in [-0.1, -0.05) is 52.0 Å².